The third kappa shape index (κ3) is 2.61. The molecule has 0 fully saturated rings. The molecule has 0 saturated heterocycles. The first-order chi connectivity index (χ1) is 9.22. The number of carbonyl (C=O) groups excluding carboxylic acids is 1. The standard InChI is InChI=1S/C14H15N3OS/c15-14-16-11-8-17(9-12(11)19-14)13(18)7-6-10-4-2-1-3-5-10/h1-5H,6-9H2,(H2,15,16). The third-order valence-electron chi connectivity index (χ3n) is 3.29. The Labute approximate surface area is 115 Å². The van der Waals surface area contributed by atoms with E-state index in [1.807, 2.05) is 23.1 Å². The third-order valence-corrected chi connectivity index (χ3v) is 4.20. The molecule has 0 aliphatic carbocycles. The monoisotopic (exact) mass is 273 g/mol. The van der Waals surface area contributed by atoms with Crippen molar-refractivity contribution >= 4 is 22.4 Å². The van der Waals surface area contributed by atoms with Crippen LogP contribution in [-0.4, -0.2) is 15.8 Å². The highest BCUT2D eigenvalue weighted by molar-refractivity contribution is 7.15. The molecule has 19 heavy (non-hydrogen) atoms. The zero-order chi connectivity index (χ0) is 13.2. The predicted molar refractivity (Wildman–Crippen MR) is 75.5 cm³/mol. The molecule has 0 radical (unpaired) electrons. The number of aromatic nitrogens is 1. The minimum Gasteiger partial charge on any atom is -0.375 e. The summed E-state index contributed by atoms with van der Waals surface area (Å²) < 4.78 is 0. The van der Waals surface area contributed by atoms with E-state index in [9.17, 15) is 4.79 Å². The first-order valence-electron chi connectivity index (χ1n) is 6.28. The van der Waals surface area contributed by atoms with E-state index < -0.39 is 0 Å². The van der Waals surface area contributed by atoms with Gasteiger partial charge >= 0.3 is 0 Å². The molecule has 1 aromatic carbocycles. The Bertz CT molecular complexity index is 570. The summed E-state index contributed by atoms with van der Waals surface area (Å²) in [6.07, 6.45) is 1.34. The number of thiazole rings is 1. The lowest BCUT2D eigenvalue weighted by molar-refractivity contribution is -0.131. The molecular weight excluding hydrogens is 258 g/mol. The van der Waals surface area contributed by atoms with Crippen molar-refractivity contribution in [3.8, 4) is 0 Å². The second-order valence-electron chi connectivity index (χ2n) is 4.66. The summed E-state index contributed by atoms with van der Waals surface area (Å²) in [5, 5.41) is 0.599. The minimum atomic E-state index is 0.188. The van der Waals surface area contributed by atoms with Crippen molar-refractivity contribution in [3.05, 3.63) is 46.5 Å². The topological polar surface area (TPSA) is 59.2 Å². The molecule has 0 unspecified atom stereocenters. The first kappa shape index (κ1) is 12.2. The number of benzene rings is 1. The van der Waals surface area contributed by atoms with Crippen LogP contribution in [0.1, 0.15) is 22.6 Å². The summed E-state index contributed by atoms with van der Waals surface area (Å²) in [7, 11) is 0. The van der Waals surface area contributed by atoms with Crippen molar-refractivity contribution in [1.29, 1.82) is 0 Å². The molecule has 1 aromatic heterocycles. The first-order valence-corrected chi connectivity index (χ1v) is 7.10. The molecule has 0 bridgehead atoms. The van der Waals surface area contributed by atoms with E-state index in [0.717, 1.165) is 17.0 Å². The van der Waals surface area contributed by atoms with Crippen LogP contribution < -0.4 is 5.73 Å². The van der Waals surface area contributed by atoms with Crippen LogP contribution in [-0.2, 0) is 24.3 Å². The minimum absolute atomic E-state index is 0.188. The number of hydrogen-bond acceptors (Lipinski definition) is 4. The highest BCUT2D eigenvalue weighted by Gasteiger charge is 2.26. The maximum absolute atomic E-state index is 12.1. The molecular formula is C14H15N3OS. The Morgan fingerprint density at radius 3 is 2.84 bits per heavy atom. The van der Waals surface area contributed by atoms with E-state index in [1.54, 1.807) is 0 Å². The van der Waals surface area contributed by atoms with E-state index in [0.29, 0.717) is 24.6 Å². The maximum Gasteiger partial charge on any atom is 0.223 e. The molecule has 2 aromatic rings. The van der Waals surface area contributed by atoms with Crippen LogP contribution in [0.25, 0.3) is 0 Å². The van der Waals surface area contributed by atoms with Gasteiger partial charge in [-0.15, -0.1) is 11.3 Å². The quantitative estimate of drug-likeness (QED) is 0.932. The Morgan fingerprint density at radius 2 is 2.11 bits per heavy atom. The molecule has 0 saturated carbocycles. The van der Waals surface area contributed by atoms with E-state index >= 15 is 0 Å². The molecule has 1 aliphatic heterocycles. The number of carbonyl (C=O) groups is 1. The number of nitrogen functional groups attached to an aromatic ring is 1. The number of nitrogens with zero attached hydrogens (tertiary/aromatic N) is 2. The summed E-state index contributed by atoms with van der Waals surface area (Å²) in [6, 6.07) is 10.1. The summed E-state index contributed by atoms with van der Waals surface area (Å²) in [6.45, 7) is 1.27. The van der Waals surface area contributed by atoms with Crippen LogP contribution in [0.5, 0.6) is 0 Å². The summed E-state index contributed by atoms with van der Waals surface area (Å²) in [4.78, 5) is 19.4. The summed E-state index contributed by atoms with van der Waals surface area (Å²) >= 11 is 1.49. The molecule has 98 valence electrons. The molecule has 3 rings (SSSR count). The van der Waals surface area contributed by atoms with Crippen molar-refractivity contribution in [1.82, 2.24) is 9.88 Å². The van der Waals surface area contributed by atoms with Gasteiger partial charge in [0.15, 0.2) is 5.13 Å². The smallest absolute Gasteiger partial charge is 0.223 e. The van der Waals surface area contributed by atoms with Crippen LogP contribution in [0.4, 0.5) is 5.13 Å². The van der Waals surface area contributed by atoms with Gasteiger partial charge in [0, 0.05) is 6.42 Å². The highest BCUT2D eigenvalue weighted by Crippen LogP contribution is 2.29. The molecule has 1 amide bonds. The van der Waals surface area contributed by atoms with E-state index in [-0.39, 0.29) is 5.91 Å². The molecule has 2 heterocycles. The average Bonchev–Trinajstić information content (AvgIpc) is 2.94. The van der Waals surface area contributed by atoms with Crippen molar-refractivity contribution in [3.63, 3.8) is 0 Å². The Hall–Kier alpha value is -1.88. The van der Waals surface area contributed by atoms with Gasteiger partial charge in [0.05, 0.1) is 23.7 Å². The fourth-order valence-corrected chi connectivity index (χ4v) is 3.15. The Kier molecular flexibility index (Phi) is 3.21. The van der Waals surface area contributed by atoms with Gasteiger partial charge in [-0.05, 0) is 12.0 Å². The highest BCUT2D eigenvalue weighted by atomic mass is 32.1. The van der Waals surface area contributed by atoms with Gasteiger partial charge in [-0.25, -0.2) is 4.98 Å². The van der Waals surface area contributed by atoms with Gasteiger partial charge in [-0.1, -0.05) is 30.3 Å². The van der Waals surface area contributed by atoms with Crippen LogP contribution in [0, 0.1) is 0 Å². The normalized spacial score (nSPS) is 13.6. The van der Waals surface area contributed by atoms with Gasteiger partial charge in [0.25, 0.3) is 0 Å². The van der Waals surface area contributed by atoms with E-state index in [4.69, 9.17) is 5.73 Å². The molecule has 0 atom stereocenters. The Morgan fingerprint density at radius 1 is 1.32 bits per heavy atom. The van der Waals surface area contributed by atoms with Gasteiger partial charge < -0.3 is 10.6 Å². The van der Waals surface area contributed by atoms with E-state index in [2.05, 4.69) is 17.1 Å². The Balaban J connectivity index is 1.57. The molecule has 1 aliphatic rings. The van der Waals surface area contributed by atoms with Crippen molar-refractivity contribution in [2.24, 2.45) is 0 Å². The van der Waals surface area contributed by atoms with Crippen LogP contribution in [0.3, 0.4) is 0 Å². The number of anilines is 1. The van der Waals surface area contributed by atoms with Gasteiger partial charge in [-0.2, -0.15) is 0 Å². The van der Waals surface area contributed by atoms with Crippen molar-refractivity contribution < 1.29 is 4.79 Å². The van der Waals surface area contributed by atoms with Gasteiger partial charge in [0.1, 0.15) is 0 Å². The van der Waals surface area contributed by atoms with Crippen LogP contribution in [0.2, 0.25) is 0 Å². The SMILES string of the molecule is Nc1nc2c(s1)CN(C(=O)CCc1ccccc1)C2. The number of hydrogen-bond donors (Lipinski definition) is 1. The second-order valence-corrected chi connectivity index (χ2v) is 5.77. The van der Waals surface area contributed by atoms with Gasteiger partial charge in [-0.3, -0.25) is 4.79 Å². The van der Waals surface area contributed by atoms with Crippen LogP contribution >= 0.6 is 11.3 Å². The molecule has 5 heteroatoms. The summed E-state index contributed by atoms with van der Waals surface area (Å²) in [5.41, 5.74) is 7.82. The number of rotatable bonds is 3. The zero-order valence-electron chi connectivity index (χ0n) is 10.5. The number of aryl methyl sites for hydroxylation is 1. The van der Waals surface area contributed by atoms with E-state index in [1.165, 1.54) is 16.9 Å². The van der Waals surface area contributed by atoms with Crippen molar-refractivity contribution in [2.75, 3.05) is 5.73 Å². The van der Waals surface area contributed by atoms with Gasteiger partial charge in [0.2, 0.25) is 5.91 Å². The lowest BCUT2D eigenvalue weighted by Gasteiger charge is -2.15. The van der Waals surface area contributed by atoms with Crippen molar-refractivity contribution in [2.45, 2.75) is 25.9 Å². The number of amides is 1. The number of fused-ring (bicyclic) bond motifs is 1. The zero-order valence-corrected chi connectivity index (χ0v) is 11.3. The number of nitrogens with two attached hydrogens (primary N) is 1. The maximum atomic E-state index is 12.1. The average molecular weight is 273 g/mol. The second kappa shape index (κ2) is 5.01. The van der Waals surface area contributed by atoms with Crippen LogP contribution in [0.15, 0.2) is 30.3 Å². The summed E-state index contributed by atoms with van der Waals surface area (Å²) in [5.74, 6) is 0.188. The largest absolute Gasteiger partial charge is 0.375 e. The molecule has 2 N–H and O–H groups in total. The fourth-order valence-electron chi connectivity index (χ4n) is 2.29. The fraction of sp³-hybridized carbons (Fsp3) is 0.286. The lowest BCUT2D eigenvalue weighted by atomic mass is 10.1. The molecule has 4 nitrogen and oxygen atoms in total. The predicted octanol–water partition coefficient (Wildman–Crippen LogP) is 2.20. The lowest BCUT2D eigenvalue weighted by Crippen LogP contribution is -2.25. The molecule has 0 spiro atoms.